The third kappa shape index (κ3) is 8.72. The molecule has 3 aromatic rings. The van der Waals surface area contributed by atoms with Crippen LogP contribution in [0.25, 0.3) is 0 Å². The first-order valence-corrected chi connectivity index (χ1v) is 16.4. The van der Waals surface area contributed by atoms with Gasteiger partial charge < -0.3 is 15.0 Å². The smallest absolute Gasteiger partial charge is 0.244 e. The van der Waals surface area contributed by atoms with Crippen molar-refractivity contribution < 1.29 is 22.7 Å². The number of carbonyl (C=O) groups excluding carboxylic acids is 2. The van der Waals surface area contributed by atoms with Crippen molar-refractivity contribution in [2.75, 3.05) is 24.2 Å². The van der Waals surface area contributed by atoms with Gasteiger partial charge in [0.1, 0.15) is 18.3 Å². The molecule has 0 heterocycles. The second kappa shape index (κ2) is 14.6. The zero-order valence-electron chi connectivity index (χ0n) is 24.0. The quantitative estimate of drug-likeness (QED) is 0.304. The third-order valence-corrected chi connectivity index (χ3v) is 8.90. The number of rotatable bonds is 12. The minimum absolute atomic E-state index is 0.0416. The van der Waals surface area contributed by atoms with Gasteiger partial charge in [-0.2, -0.15) is 0 Å². The number of sulfonamides is 1. The summed E-state index contributed by atoms with van der Waals surface area (Å²) in [6, 6.07) is 22.2. The topological polar surface area (TPSA) is 96.0 Å². The van der Waals surface area contributed by atoms with E-state index in [1.807, 2.05) is 48.5 Å². The fourth-order valence-corrected chi connectivity index (χ4v) is 6.26. The SMILES string of the molecule is COc1cccc(CN(C(=O)CN(c2ccc(Cl)cc2)S(C)(=O)=O)[C@H](Cc2ccccc2)C(=O)NC2CCCCC2)c1. The van der Waals surface area contributed by atoms with Crippen LogP contribution in [0.15, 0.2) is 78.9 Å². The second-order valence-electron chi connectivity index (χ2n) is 10.7. The van der Waals surface area contributed by atoms with Crippen molar-refractivity contribution in [3.63, 3.8) is 0 Å². The van der Waals surface area contributed by atoms with Crippen molar-refractivity contribution in [3.05, 3.63) is 95.0 Å². The van der Waals surface area contributed by atoms with E-state index in [1.165, 1.54) is 4.90 Å². The molecule has 4 rings (SSSR count). The Morgan fingerprint density at radius 1 is 0.952 bits per heavy atom. The molecule has 1 fully saturated rings. The van der Waals surface area contributed by atoms with Crippen LogP contribution in [0, 0.1) is 0 Å². The molecule has 224 valence electrons. The average molecular weight is 612 g/mol. The molecule has 42 heavy (non-hydrogen) atoms. The van der Waals surface area contributed by atoms with Gasteiger partial charge in [0.05, 0.1) is 19.1 Å². The molecule has 1 N–H and O–H groups in total. The first-order valence-electron chi connectivity index (χ1n) is 14.1. The molecular weight excluding hydrogens is 574 g/mol. The van der Waals surface area contributed by atoms with Crippen molar-refractivity contribution in [2.45, 2.75) is 57.2 Å². The number of carbonyl (C=O) groups is 2. The van der Waals surface area contributed by atoms with Crippen LogP contribution in [0.5, 0.6) is 5.75 Å². The van der Waals surface area contributed by atoms with Gasteiger partial charge in [0, 0.05) is 24.0 Å². The molecule has 2 amide bonds. The van der Waals surface area contributed by atoms with Crippen LogP contribution in [0.3, 0.4) is 0 Å². The van der Waals surface area contributed by atoms with Gasteiger partial charge in [-0.15, -0.1) is 0 Å². The van der Waals surface area contributed by atoms with Crippen molar-refractivity contribution in [2.24, 2.45) is 0 Å². The molecule has 8 nitrogen and oxygen atoms in total. The Hall–Kier alpha value is -3.56. The Morgan fingerprint density at radius 3 is 2.26 bits per heavy atom. The summed E-state index contributed by atoms with van der Waals surface area (Å²) in [5.74, 6) is -0.137. The molecule has 0 aromatic heterocycles. The molecule has 1 aliphatic rings. The summed E-state index contributed by atoms with van der Waals surface area (Å²) in [4.78, 5) is 29.7. The number of benzene rings is 3. The molecule has 0 saturated heterocycles. The summed E-state index contributed by atoms with van der Waals surface area (Å²) < 4.78 is 32.2. The summed E-state index contributed by atoms with van der Waals surface area (Å²) in [5.41, 5.74) is 1.95. The lowest BCUT2D eigenvalue weighted by Gasteiger charge is -2.35. The number of hydrogen-bond donors (Lipinski definition) is 1. The van der Waals surface area contributed by atoms with Crippen LogP contribution >= 0.6 is 11.6 Å². The number of halogens is 1. The molecule has 3 aromatic carbocycles. The Kier molecular flexibility index (Phi) is 10.9. The van der Waals surface area contributed by atoms with Crippen LogP contribution in [0.1, 0.15) is 43.2 Å². The zero-order chi connectivity index (χ0) is 30.1. The Balaban J connectivity index is 1.72. The van der Waals surface area contributed by atoms with Crippen molar-refractivity contribution in [1.82, 2.24) is 10.2 Å². The average Bonchev–Trinajstić information content (AvgIpc) is 2.98. The Labute approximate surface area is 253 Å². The number of methoxy groups -OCH3 is 1. The van der Waals surface area contributed by atoms with Crippen molar-refractivity contribution in [1.29, 1.82) is 0 Å². The third-order valence-electron chi connectivity index (χ3n) is 7.50. The van der Waals surface area contributed by atoms with Crippen LogP contribution in [0.4, 0.5) is 5.69 Å². The van der Waals surface area contributed by atoms with Gasteiger partial charge in [-0.1, -0.05) is 73.3 Å². The minimum atomic E-state index is -3.85. The van der Waals surface area contributed by atoms with E-state index in [4.69, 9.17) is 16.3 Å². The lowest BCUT2D eigenvalue weighted by atomic mass is 9.94. The fourth-order valence-electron chi connectivity index (χ4n) is 5.29. The number of amides is 2. The predicted octanol–water partition coefficient (Wildman–Crippen LogP) is 5.20. The van der Waals surface area contributed by atoms with Gasteiger partial charge >= 0.3 is 0 Å². The molecule has 1 saturated carbocycles. The van der Waals surface area contributed by atoms with Crippen molar-refractivity contribution >= 4 is 39.1 Å². The number of hydrogen-bond acceptors (Lipinski definition) is 5. The number of nitrogens with one attached hydrogen (secondary N) is 1. The summed E-state index contributed by atoms with van der Waals surface area (Å²) in [6.07, 6.45) is 6.36. The van der Waals surface area contributed by atoms with E-state index in [2.05, 4.69) is 5.32 Å². The molecular formula is C32H38ClN3O5S. The summed E-state index contributed by atoms with van der Waals surface area (Å²) in [6.45, 7) is -0.393. The summed E-state index contributed by atoms with van der Waals surface area (Å²) in [7, 11) is -2.28. The zero-order valence-corrected chi connectivity index (χ0v) is 25.6. The highest BCUT2D eigenvalue weighted by Crippen LogP contribution is 2.24. The summed E-state index contributed by atoms with van der Waals surface area (Å²) >= 11 is 6.04. The number of ether oxygens (including phenoxy) is 1. The molecule has 0 aliphatic heterocycles. The van der Waals surface area contributed by atoms with Gasteiger partial charge in [0.2, 0.25) is 21.8 Å². The first-order chi connectivity index (χ1) is 20.1. The number of anilines is 1. The molecule has 0 spiro atoms. The Morgan fingerprint density at radius 2 is 1.62 bits per heavy atom. The maximum absolute atomic E-state index is 14.2. The highest BCUT2D eigenvalue weighted by molar-refractivity contribution is 7.92. The molecule has 0 bridgehead atoms. The maximum Gasteiger partial charge on any atom is 0.244 e. The van der Waals surface area contributed by atoms with E-state index in [9.17, 15) is 18.0 Å². The molecule has 1 atom stereocenters. The highest BCUT2D eigenvalue weighted by Gasteiger charge is 2.34. The van der Waals surface area contributed by atoms with Crippen LogP contribution in [-0.4, -0.2) is 57.1 Å². The van der Waals surface area contributed by atoms with Gasteiger partial charge in [0.15, 0.2) is 0 Å². The Bertz CT molecular complexity index is 1440. The van der Waals surface area contributed by atoms with E-state index in [0.29, 0.717) is 16.5 Å². The van der Waals surface area contributed by atoms with Gasteiger partial charge in [-0.05, 0) is 60.4 Å². The standard InChI is InChI=1S/C32H38ClN3O5S/c1-41-29-15-9-12-25(20-29)22-35(31(37)23-36(42(2,39)40)28-18-16-26(33)17-19-28)30(21-24-10-5-3-6-11-24)32(38)34-27-13-7-4-8-14-27/h3,5-6,9-12,15-20,27,30H,4,7-8,13-14,21-23H2,1-2H3,(H,34,38)/t30-/m1/s1. The summed E-state index contributed by atoms with van der Waals surface area (Å²) in [5, 5.41) is 3.65. The fraction of sp³-hybridized carbons (Fsp3) is 0.375. The van der Waals surface area contributed by atoms with E-state index >= 15 is 0 Å². The maximum atomic E-state index is 14.2. The number of nitrogens with zero attached hydrogens (tertiary/aromatic N) is 2. The minimum Gasteiger partial charge on any atom is -0.497 e. The van der Waals surface area contributed by atoms with E-state index in [-0.39, 0.29) is 24.9 Å². The molecule has 0 unspecified atom stereocenters. The van der Waals surface area contributed by atoms with Gasteiger partial charge in [0.25, 0.3) is 0 Å². The van der Waals surface area contributed by atoms with Crippen molar-refractivity contribution in [3.8, 4) is 5.75 Å². The van der Waals surface area contributed by atoms with E-state index < -0.39 is 28.5 Å². The van der Waals surface area contributed by atoms with Crippen LogP contribution < -0.4 is 14.4 Å². The van der Waals surface area contributed by atoms with E-state index in [0.717, 1.165) is 53.8 Å². The van der Waals surface area contributed by atoms with Crippen LogP contribution in [0.2, 0.25) is 5.02 Å². The molecule has 0 radical (unpaired) electrons. The van der Waals surface area contributed by atoms with E-state index in [1.54, 1.807) is 37.4 Å². The largest absolute Gasteiger partial charge is 0.497 e. The van der Waals surface area contributed by atoms with Gasteiger partial charge in [-0.3, -0.25) is 13.9 Å². The lowest BCUT2D eigenvalue weighted by Crippen LogP contribution is -2.55. The van der Waals surface area contributed by atoms with Crippen LogP contribution in [-0.2, 0) is 32.6 Å². The lowest BCUT2D eigenvalue weighted by molar-refractivity contribution is -0.140. The van der Waals surface area contributed by atoms with Gasteiger partial charge in [-0.25, -0.2) is 8.42 Å². The highest BCUT2D eigenvalue weighted by atomic mass is 35.5. The monoisotopic (exact) mass is 611 g/mol. The first kappa shape index (κ1) is 31.4. The molecule has 10 heteroatoms. The predicted molar refractivity (Wildman–Crippen MR) is 166 cm³/mol. The second-order valence-corrected chi connectivity index (χ2v) is 13.0. The molecule has 1 aliphatic carbocycles. The normalized spacial score (nSPS) is 14.5.